The van der Waals surface area contributed by atoms with E-state index in [0.717, 1.165) is 15.2 Å². The van der Waals surface area contributed by atoms with Gasteiger partial charge in [-0.2, -0.15) is 0 Å². The number of ketones is 1. The van der Waals surface area contributed by atoms with Crippen molar-refractivity contribution < 1.29 is 9.53 Å². The van der Waals surface area contributed by atoms with Crippen molar-refractivity contribution in [3.8, 4) is 5.75 Å². The number of halogens is 1. The Hall–Kier alpha value is -1.20. The van der Waals surface area contributed by atoms with Gasteiger partial charge < -0.3 is 4.74 Å². The molecule has 0 aliphatic rings. The van der Waals surface area contributed by atoms with Crippen molar-refractivity contribution in [1.29, 1.82) is 0 Å². The summed E-state index contributed by atoms with van der Waals surface area (Å²) in [6, 6.07) is 7.62. The van der Waals surface area contributed by atoms with Gasteiger partial charge in [-0.1, -0.05) is 12.1 Å². The maximum absolute atomic E-state index is 11.1. The van der Waals surface area contributed by atoms with Crippen LogP contribution in [0.25, 0.3) is 0 Å². The number of benzene rings is 1. The van der Waals surface area contributed by atoms with E-state index in [2.05, 4.69) is 20.9 Å². The number of carbonyl (C=O) groups excluding carboxylic acids is 1. The number of ether oxygens (including phenoxy) is 1. The SMILES string of the molecule is CC(=O)c1csc(COc2ccccc2Br)n1. The van der Waals surface area contributed by atoms with Gasteiger partial charge in [-0.3, -0.25) is 4.79 Å². The molecule has 0 unspecified atom stereocenters. The van der Waals surface area contributed by atoms with Gasteiger partial charge in [0.25, 0.3) is 0 Å². The molecule has 3 nitrogen and oxygen atoms in total. The predicted molar refractivity (Wildman–Crippen MR) is 70.6 cm³/mol. The fourth-order valence-electron chi connectivity index (χ4n) is 1.24. The number of carbonyl (C=O) groups is 1. The quantitative estimate of drug-likeness (QED) is 0.808. The summed E-state index contributed by atoms with van der Waals surface area (Å²) < 4.78 is 6.51. The first-order valence-electron chi connectivity index (χ1n) is 4.99. The van der Waals surface area contributed by atoms with E-state index in [4.69, 9.17) is 4.74 Å². The molecule has 0 fully saturated rings. The van der Waals surface area contributed by atoms with Gasteiger partial charge in [0.05, 0.1) is 4.47 Å². The first kappa shape index (κ1) is 12.3. The highest BCUT2D eigenvalue weighted by Crippen LogP contribution is 2.25. The monoisotopic (exact) mass is 311 g/mol. The van der Waals surface area contributed by atoms with Gasteiger partial charge in [0, 0.05) is 12.3 Å². The predicted octanol–water partition coefficient (Wildman–Crippen LogP) is 3.69. The molecular weight excluding hydrogens is 302 g/mol. The van der Waals surface area contributed by atoms with Crippen molar-refractivity contribution in [2.24, 2.45) is 0 Å². The molecule has 0 radical (unpaired) electrons. The van der Waals surface area contributed by atoms with Crippen LogP contribution in [0.1, 0.15) is 22.4 Å². The van der Waals surface area contributed by atoms with Crippen LogP contribution in [0.4, 0.5) is 0 Å². The van der Waals surface area contributed by atoms with Crippen LogP contribution in [-0.4, -0.2) is 10.8 Å². The topological polar surface area (TPSA) is 39.2 Å². The van der Waals surface area contributed by atoms with Crippen LogP contribution in [0.3, 0.4) is 0 Å². The summed E-state index contributed by atoms with van der Waals surface area (Å²) in [5.41, 5.74) is 0.501. The lowest BCUT2D eigenvalue weighted by atomic mass is 10.3. The van der Waals surface area contributed by atoms with Crippen LogP contribution in [0.5, 0.6) is 5.75 Å². The Bertz CT molecular complexity index is 539. The minimum atomic E-state index is -0.0200. The van der Waals surface area contributed by atoms with Gasteiger partial charge in [-0.25, -0.2) is 4.98 Å². The molecule has 2 rings (SSSR count). The van der Waals surface area contributed by atoms with E-state index in [1.54, 1.807) is 5.38 Å². The highest BCUT2D eigenvalue weighted by molar-refractivity contribution is 9.10. The number of hydrogen-bond donors (Lipinski definition) is 0. The van der Waals surface area contributed by atoms with E-state index in [0.29, 0.717) is 12.3 Å². The molecule has 88 valence electrons. The number of Topliss-reactive ketones (excluding diaryl/α,β-unsaturated/α-hetero) is 1. The van der Waals surface area contributed by atoms with Crippen molar-refractivity contribution in [3.05, 3.63) is 44.8 Å². The van der Waals surface area contributed by atoms with E-state index in [1.807, 2.05) is 24.3 Å². The lowest BCUT2D eigenvalue weighted by molar-refractivity contribution is 0.101. The van der Waals surface area contributed by atoms with Gasteiger partial charge in [-0.15, -0.1) is 11.3 Å². The molecule has 0 spiro atoms. The molecule has 0 aliphatic heterocycles. The zero-order valence-electron chi connectivity index (χ0n) is 9.14. The van der Waals surface area contributed by atoms with Crippen molar-refractivity contribution in [1.82, 2.24) is 4.98 Å². The van der Waals surface area contributed by atoms with Crippen LogP contribution in [0, 0.1) is 0 Å². The molecule has 1 aromatic carbocycles. The van der Waals surface area contributed by atoms with Crippen molar-refractivity contribution in [3.63, 3.8) is 0 Å². The summed E-state index contributed by atoms with van der Waals surface area (Å²) in [7, 11) is 0. The summed E-state index contributed by atoms with van der Waals surface area (Å²) in [6.07, 6.45) is 0. The van der Waals surface area contributed by atoms with Crippen LogP contribution >= 0.6 is 27.3 Å². The van der Waals surface area contributed by atoms with E-state index in [1.165, 1.54) is 18.3 Å². The number of hydrogen-bond acceptors (Lipinski definition) is 4. The smallest absolute Gasteiger partial charge is 0.178 e. The molecule has 1 heterocycles. The normalized spacial score (nSPS) is 10.2. The zero-order valence-corrected chi connectivity index (χ0v) is 11.5. The van der Waals surface area contributed by atoms with Crippen LogP contribution in [0.2, 0.25) is 0 Å². The van der Waals surface area contributed by atoms with Crippen LogP contribution < -0.4 is 4.74 Å². The van der Waals surface area contributed by atoms with E-state index >= 15 is 0 Å². The third-order valence-electron chi connectivity index (χ3n) is 2.10. The minimum absolute atomic E-state index is 0.0200. The molecule has 5 heteroatoms. The molecule has 17 heavy (non-hydrogen) atoms. The fourth-order valence-corrected chi connectivity index (χ4v) is 2.38. The van der Waals surface area contributed by atoms with Gasteiger partial charge in [0.2, 0.25) is 0 Å². The Balaban J connectivity index is 2.02. The Labute approximate surface area is 112 Å². The lowest BCUT2D eigenvalue weighted by Gasteiger charge is -2.05. The summed E-state index contributed by atoms with van der Waals surface area (Å²) >= 11 is 4.83. The highest BCUT2D eigenvalue weighted by atomic mass is 79.9. The maximum Gasteiger partial charge on any atom is 0.178 e. The number of para-hydroxylation sites is 1. The second kappa shape index (κ2) is 5.42. The average molecular weight is 312 g/mol. The molecule has 0 aliphatic carbocycles. The molecule has 0 bridgehead atoms. The molecule has 0 saturated heterocycles. The second-order valence-corrected chi connectivity index (χ2v) is 5.20. The minimum Gasteiger partial charge on any atom is -0.485 e. The second-order valence-electron chi connectivity index (χ2n) is 3.40. The first-order valence-corrected chi connectivity index (χ1v) is 6.67. The number of rotatable bonds is 4. The van der Waals surface area contributed by atoms with Crippen molar-refractivity contribution in [2.75, 3.05) is 0 Å². The molecule has 0 N–H and O–H groups in total. The zero-order chi connectivity index (χ0) is 12.3. The van der Waals surface area contributed by atoms with Gasteiger partial charge in [-0.05, 0) is 28.1 Å². The standard InChI is InChI=1S/C12H10BrNO2S/c1-8(15)10-7-17-12(14-10)6-16-11-5-3-2-4-9(11)13/h2-5,7H,6H2,1H3. The molecule has 0 saturated carbocycles. The van der Waals surface area contributed by atoms with Gasteiger partial charge >= 0.3 is 0 Å². The number of thiazole rings is 1. The van der Waals surface area contributed by atoms with Crippen molar-refractivity contribution >= 4 is 33.0 Å². The highest BCUT2D eigenvalue weighted by Gasteiger charge is 2.07. The van der Waals surface area contributed by atoms with Gasteiger partial charge in [0.1, 0.15) is 23.1 Å². The largest absolute Gasteiger partial charge is 0.485 e. The van der Waals surface area contributed by atoms with Crippen LogP contribution in [0.15, 0.2) is 34.1 Å². The summed E-state index contributed by atoms with van der Waals surface area (Å²) in [6.45, 7) is 1.88. The molecule has 2 aromatic rings. The molecular formula is C12H10BrNO2S. The Morgan fingerprint density at radius 2 is 2.24 bits per heavy atom. The number of nitrogens with zero attached hydrogens (tertiary/aromatic N) is 1. The van der Waals surface area contributed by atoms with E-state index < -0.39 is 0 Å². The maximum atomic E-state index is 11.1. The summed E-state index contributed by atoms with van der Waals surface area (Å²) in [4.78, 5) is 15.3. The first-order chi connectivity index (χ1) is 8.16. The fraction of sp³-hybridized carbons (Fsp3) is 0.167. The number of aromatic nitrogens is 1. The summed E-state index contributed by atoms with van der Waals surface area (Å²) in [5, 5.41) is 2.55. The van der Waals surface area contributed by atoms with E-state index in [9.17, 15) is 4.79 Å². The Kier molecular flexibility index (Phi) is 3.91. The molecule has 0 amide bonds. The lowest BCUT2D eigenvalue weighted by Crippen LogP contribution is -1.97. The third-order valence-corrected chi connectivity index (χ3v) is 3.58. The van der Waals surface area contributed by atoms with Crippen LogP contribution in [-0.2, 0) is 6.61 Å². The molecule has 0 atom stereocenters. The van der Waals surface area contributed by atoms with Gasteiger partial charge in [0.15, 0.2) is 5.78 Å². The molecule has 1 aromatic heterocycles. The third kappa shape index (κ3) is 3.14. The van der Waals surface area contributed by atoms with Crippen molar-refractivity contribution in [2.45, 2.75) is 13.5 Å². The Morgan fingerprint density at radius 3 is 2.88 bits per heavy atom. The average Bonchev–Trinajstić information content (AvgIpc) is 2.77. The Morgan fingerprint density at radius 1 is 1.47 bits per heavy atom. The summed E-state index contributed by atoms with van der Waals surface area (Å²) in [5.74, 6) is 0.750. The van der Waals surface area contributed by atoms with E-state index in [-0.39, 0.29) is 5.78 Å².